The highest BCUT2D eigenvalue weighted by Crippen LogP contribution is 2.47. The Morgan fingerprint density at radius 2 is 1.40 bits per heavy atom. The molecule has 186 valence electrons. The number of carbonyl (C=O) groups excluding carboxylic acids is 2. The maximum absolute atomic E-state index is 14.2. The maximum atomic E-state index is 14.2. The normalized spacial score (nSPS) is 25.8. The average Bonchev–Trinajstić information content (AvgIpc) is 3.39. The number of quaternary nitrogens is 1. The number of piperidine rings is 1. The van der Waals surface area contributed by atoms with Crippen LogP contribution in [0, 0.1) is 0 Å². The summed E-state index contributed by atoms with van der Waals surface area (Å²) in [6.07, 6.45) is 5.80. The molecule has 0 radical (unpaired) electrons. The summed E-state index contributed by atoms with van der Waals surface area (Å²) in [7, 11) is 0. The summed E-state index contributed by atoms with van der Waals surface area (Å²) in [5.41, 5.74) is -0.248. The lowest BCUT2D eigenvalue weighted by molar-refractivity contribution is -0.956. The zero-order chi connectivity index (χ0) is 24.5. The summed E-state index contributed by atoms with van der Waals surface area (Å²) in [4.78, 5) is 25.9. The predicted octanol–water partition coefficient (Wildman–Crippen LogP) is 4.70. The fourth-order valence-electron chi connectivity index (χ4n) is 6.98. The minimum absolute atomic E-state index is 0.135. The van der Waals surface area contributed by atoms with Gasteiger partial charge in [0.25, 0.3) is 0 Å². The molecule has 1 spiro atoms. The molecule has 2 aromatic rings. The maximum Gasteiger partial charge on any atom is 0.348 e. The van der Waals surface area contributed by atoms with E-state index in [2.05, 4.69) is 0 Å². The predicted molar refractivity (Wildman–Crippen MR) is 131 cm³/mol. The van der Waals surface area contributed by atoms with Gasteiger partial charge in [0.05, 0.1) is 25.2 Å². The summed E-state index contributed by atoms with van der Waals surface area (Å²) in [6.45, 7) is 5.52. The minimum atomic E-state index is -1.55. The molecule has 3 unspecified atom stereocenters. The Morgan fingerprint density at radius 3 is 1.89 bits per heavy atom. The summed E-state index contributed by atoms with van der Waals surface area (Å²) in [5.74, 6) is -0.919. The van der Waals surface area contributed by atoms with Gasteiger partial charge in [0, 0.05) is 45.4 Å². The van der Waals surface area contributed by atoms with Crippen molar-refractivity contribution in [1.82, 2.24) is 0 Å². The highest BCUT2D eigenvalue weighted by atomic mass is 16.7. The molecule has 3 heterocycles. The third kappa shape index (κ3) is 4.38. The molecule has 2 bridgehead atoms. The molecule has 0 amide bonds. The van der Waals surface area contributed by atoms with E-state index in [1.807, 2.05) is 60.7 Å². The number of rotatable bonds is 7. The quantitative estimate of drug-likeness (QED) is 0.328. The fourth-order valence-corrected chi connectivity index (χ4v) is 6.98. The second-order valence-electron chi connectivity index (χ2n) is 10.3. The van der Waals surface area contributed by atoms with Gasteiger partial charge in [-0.1, -0.05) is 60.7 Å². The third-order valence-corrected chi connectivity index (χ3v) is 8.35. The Kier molecular flexibility index (Phi) is 6.69. The van der Waals surface area contributed by atoms with Crippen molar-refractivity contribution in [2.75, 3.05) is 13.1 Å². The Bertz CT molecular complexity index is 978. The number of ether oxygens (including phenoxy) is 3. The van der Waals surface area contributed by atoms with E-state index in [1.165, 1.54) is 50.2 Å². The Morgan fingerprint density at radius 1 is 0.886 bits per heavy atom. The summed E-state index contributed by atoms with van der Waals surface area (Å²) in [6, 6.07) is 19.9. The molecule has 0 aromatic heterocycles. The molecule has 3 aliphatic heterocycles. The number of carbonyl (C=O) groups is 2. The zero-order valence-electron chi connectivity index (χ0n) is 20.7. The van der Waals surface area contributed by atoms with Crippen molar-refractivity contribution in [2.45, 2.75) is 82.5 Å². The standard InChI is InChI=1S/C29H36NO5/c1-21(31)33-22(2)35-29(23-11-5-3-6-12-23,24-13-7-4-8-14-24)28(32)34-27-19-25-15-16-26(20-27)30(25)17-9-10-18-30/h3-8,11-14,22,25-27H,9-10,15-20H2,1-2H3/q+1. The smallest absolute Gasteiger partial charge is 0.348 e. The van der Waals surface area contributed by atoms with E-state index < -0.39 is 23.8 Å². The molecular formula is C29H36NO5+. The van der Waals surface area contributed by atoms with Gasteiger partial charge in [-0.25, -0.2) is 4.79 Å². The molecule has 3 saturated heterocycles. The molecule has 0 saturated carbocycles. The van der Waals surface area contributed by atoms with E-state index in [4.69, 9.17) is 14.2 Å². The van der Waals surface area contributed by atoms with Crippen LogP contribution in [0.3, 0.4) is 0 Å². The Labute approximate surface area is 207 Å². The Hall–Kier alpha value is -2.70. The number of hydrogen-bond acceptors (Lipinski definition) is 5. The highest BCUT2D eigenvalue weighted by Gasteiger charge is 2.57. The van der Waals surface area contributed by atoms with Crippen molar-refractivity contribution in [2.24, 2.45) is 0 Å². The topological polar surface area (TPSA) is 61.8 Å². The molecule has 35 heavy (non-hydrogen) atoms. The van der Waals surface area contributed by atoms with E-state index in [-0.39, 0.29) is 6.10 Å². The second kappa shape index (κ2) is 9.75. The molecule has 6 nitrogen and oxygen atoms in total. The van der Waals surface area contributed by atoms with Crippen LogP contribution in [0.5, 0.6) is 0 Å². The minimum Gasteiger partial charge on any atom is -0.459 e. The van der Waals surface area contributed by atoms with Crippen LogP contribution in [-0.2, 0) is 29.4 Å². The Balaban J connectivity index is 1.48. The van der Waals surface area contributed by atoms with Crippen LogP contribution in [0.4, 0.5) is 0 Å². The number of benzene rings is 2. The molecule has 0 N–H and O–H groups in total. The lowest BCUT2D eigenvalue weighted by Gasteiger charge is -2.47. The molecule has 5 rings (SSSR count). The van der Waals surface area contributed by atoms with Crippen molar-refractivity contribution in [3.05, 3.63) is 71.8 Å². The van der Waals surface area contributed by atoms with E-state index in [0.717, 1.165) is 12.8 Å². The fraction of sp³-hybridized carbons (Fsp3) is 0.517. The molecule has 2 aromatic carbocycles. The van der Waals surface area contributed by atoms with Crippen molar-refractivity contribution < 1.29 is 28.3 Å². The van der Waals surface area contributed by atoms with Gasteiger partial charge in [0.2, 0.25) is 11.9 Å². The third-order valence-electron chi connectivity index (χ3n) is 8.35. The van der Waals surface area contributed by atoms with Crippen LogP contribution < -0.4 is 0 Å². The van der Waals surface area contributed by atoms with Gasteiger partial charge in [0.1, 0.15) is 6.10 Å². The second-order valence-corrected chi connectivity index (χ2v) is 10.3. The molecule has 0 aliphatic carbocycles. The van der Waals surface area contributed by atoms with Crippen LogP contribution in [0.2, 0.25) is 0 Å². The summed E-state index contributed by atoms with van der Waals surface area (Å²) in [5, 5.41) is 0. The van der Waals surface area contributed by atoms with E-state index in [9.17, 15) is 9.59 Å². The first-order chi connectivity index (χ1) is 16.9. The van der Waals surface area contributed by atoms with Gasteiger partial charge in [-0.05, 0) is 18.1 Å². The first kappa shape index (κ1) is 24.0. The van der Waals surface area contributed by atoms with Crippen LogP contribution in [-0.4, -0.2) is 54.0 Å². The molecule has 6 heteroatoms. The van der Waals surface area contributed by atoms with Crippen LogP contribution >= 0.6 is 0 Å². The number of nitrogens with zero attached hydrogens (tertiary/aromatic N) is 1. The molecular weight excluding hydrogens is 442 g/mol. The largest absolute Gasteiger partial charge is 0.459 e. The average molecular weight is 479 g/mol. The van der Waals surface area contributed by atoms with Crippen molar-refractivity contribution in [3.63, 3.8) is 0 Å². The summed E-state index contributed by atoms with van der Waals surface area (Å²) < 4.78 is 19.3. The number of esters is 2. The monoisotopic (exact) mass is 478 g/mol. The van der Waals surface area contributed by atoms with E-state index in [1.54, 1.807) is 6.92 Å². The van der Waals surface area contributed by atoms with Crippen LogP contribution in [0.25, 0.3) is 0 Å². The van der Waals surface area contributed by atoms with Gasteiger partial charge in [-0.15, -0.1) is 0 Å². The molecule has 3 fully saturated rings. The van der Waals surface area contributed by atoms with Gasteiger partial charge in [-0.2, -0.15) is 0 Å². The number of hydrogen-bond donors (Lipinski definition) is 0. The molecule has 3 aliphatic rings. The van der Waals surface area contributed by atoms with Gasteiger partial charge in [-0.3, -0.25) is 4.79 Å². The van der Waals surface area contributed by atoms with Crippen LogP contribution in [0.15, 0.2) is 60.7 Å². The van der Waals surface area contributed by atoms with Crippen molar-refractivity contribution in [3.8, 4) is 0 Å². The SMILES string of the molecule is CC(=O)OC(C)OC(C(=O)OC1CC2CCC(C1)[N+]21CCCC1)(c1ccccc1)c1ccccc1. The van der Waals surface area contributed by atoms with Gasteiger partial charge in [0.15, 0.2) is 0 Å². The zero-order valence-corrected chi connectivity index (χ0v) is 20.7. The van der Waals surface area contributed by atoms with E-state index in [0.29, 0.717) is 23.2 Å². The molecule has 3 atom stereocenters. The lowest BCUT2D eigenvalue weighted by Crippen LogP contribution is -2.60. The van der Waals surface area contributed by atoms with Crippen LogP contribution in [0.1, 0.15) is 63.5 Å². The lowest BCUT2D eigenvalue weighted by atomic mass is 9.85. The van der Waals surface area contributed by atoms with E-state index >= 15 is 0 Å². The van der Waals surface area contributed by atoms with Gasteiger partial charge < -0.3 is 18.7 Å². The van der Waals surface area contributed by atoms with Crippen molar-refractivity contribution >= 4 is 11.9 Å². The van der Waals surface area contributed by atoms with Crippen molar-refractivity contribution in [1.29, 1.82) is 0 Å². The highest BCUT2D eigenvalue weighted by molar-refractivity contribution is 5.86. The van der Waals surface area contributed by atoms with Gasteiger partial charge >= 0.3 is 11.9 Å². The summed E-state index contributed by atoms with van der Waals surface area (Å²) >= 11 is 0. The first-order valence-corrected chi connectivity index (χ1v) is 13.0. The first-order valence-electron chi connectivity index (χ1n) is 13.0.